The van der Waals surface area contributed by atoms with Crippen molar-refractivity contribution >= 4 is 18.8 Å². The van der Waals surface area contributed by atoms with Crippen LogP contribution in [0.1, 0.15) is 18.9 Å². The molecule has 0 saturated carbocycles. The summed E-state index contributed by atoms with van der Waals surface area (Å²) in [5, 5.41) is 2.79. The van der Waals surface area contributed by atoms with E-state index < -0.39 is 8.07 Å². The first-order valence-corrected chi connectivity index (χ1v) is 12.7. The van der Waals surface area contributed by atoms with Gasteiger partial charge in [0.25, 0.3) is 0 Å². The first-order chi connectivity index (χ1) is 12.0. The molecular formula is C24H26Si. The average molecular weight is 343 g/mol. The molecule has 2 aliphatic rings. The molecule has 0 heterocycles. The van der Waals surface area contributed by atoms with Crippen molar-refractivity contribution in [1.29, 1.82) is 0 Å². The predicted molar refractivity (Wildman–Crippen MR) is 113 cm³/mol. The number of hydrogen-bond acceptors (Lipinski definition) is 0. The number of rotatable bonds is 2. The number of allylic oxidation sites excluding steroid dienone is 8. The number of fused-ring (bicyclic) bond motifs is 1. The van der Waals surface area contributed by atoms with Crippen molar-refractivity contribution in [2.75, 3.05) is 0 Å². The van der Waals surface area contributed by atoms with Gasteiger partial charge in [0, 0.05) is 5.04 Å². The fourth-order valence-electron chi connectivity index (χ4n) is 5.04. The molecule has 0 bridgehead atoms. The summed E-state index contributed by atoms with van der Waals surface area (Å²) in [6.45, 7) is 9.92. The first-order valence-electron chi connectivity index (χ1n) is 9.20. The van der Waals surface area contributed by atoms with Gasteiger partial charge in [0.15, 0.2) is 0 Å². The molecule has 1 unspecified atom stereocenters. The molecule has 0 nitrogen and oxygen atoms in total. The van der Waals surface area contributed by atoms with Crippen LogP contribution < -0.4 is 0 Å². The highest BCUT2D eigenvalue weighted by molar-refractivity contribution is 6.81. The summed E-state index contributed by atoms with van der Waals surface area (Å²) in [5.74, 6) is 0. The Morgan fingerprint density at radius 3 is 2.48 bits per heavy atom. The third kappa shape index (κ3) is 2.26. The summed E-state index contributed by atoms with van der Waals surface area (Å²) in [7, 11) is -1.63. The van der Waals surface area contributed by atoms with Crippen LogP contribution in [0.3, 0.4) is 0 Å². The van der Waals surface area contributed by atoms with Crippen LogP contribution in [0.4, 0.5) is 0 Å². The highest BCUT2D eigenvalue weighted by Crippen LogP contribution is 2.54. The van der Waals surface area contributed by atoms with Gasteiger partial charge in [-0.3, -0.25) is 0 Å². The Balaban J connectivity index is 2.12. The summed E-state index contributed by atoms with van der Waals surface area (Å²) in [5.41, 5.74) is 6.05. The molecule has 0 saturated heterocycles. The molecule has 0 spiro atoms. The van der Waals surface area contributed by atoms with E-state index in [-0.39, 0.29) is 5.04 Å². The lowest BCUT2D eigenvalue weighted by atomic mass is 9.83. The molecule has 1 atom stereocenters. The molecule has 0 aromatic heterocycles. The molecule has 2 aliphatic carbocycles. The lowest BCUT2D eigenvalue weighted by Gasteiger charge is -2.45. The minimum absolute atomic E-state index is 0.0473. The maximum atomic E-state index is 2.52. The SMILES string of the molecule is CC1=CC2=C(C=CC=CC2)C1(c1cccc2ccccc12)[Si](C)(C)C. The van der Waals surface area contributed by atoms with Gasteiger partial charge in [-0.1, -0.05) is 98.1 Å². The second-order valence-electron chi connectivity index (χ2n) is 8.28. The number of hydrogen-bond donors (Lipinski definition) is 0. The summed E-state index contributed by atoms with van der Waals surface area (Å²) in [6.07, 6.45) is 12.6. The lowest BCUT2D eigenvalue weighted by molar-refractivity contribution is 0.827. The van der Waals surface area contributed by atoms with Crippen LogP contribution in [0.15, 0.2) is 89.6 Å². The van der Waals surface area contributed by atoms with E-state index in [1.807, 2.05) is 0 Å². The molecule has 126 valence electrons. The van der Waals surface area contributed by atoms with Crippen LogP contribution in [0.5, 0.6) is 0 Å². The second-order valence-corrected chi connectivity index (χ2v) is 13.5. The fourth-order valence-corrected chi connectivity index (χ4v) is 8.37. The monoisotopic (exact) mass is 342 g/mol. The molecule has 0 aliphatic heterocycles. The maximum absolute atomic E-state index is 2.52. The smallest absolute Gasteiger partial charge is 0.0664 e. The zero-order valence-corrected chi connectivity index (χ0v) is 16.6. The molecule has 2 aromatic rings. The fraction of sp³-hybridized carbons (Fsp3) is 0.250. The van der Waals surface area contributed by atoms with Crippen LogP contribution in [0.25, 0.3) is 10.8 Å². The van der Waals surface area contributed by atoms with E-state index in [1.165, 1.54) is 33.1 Å². The van der Waals surface area contributed by atoms with Crippen molar-refractivity contribution in [2.45, 2.75) is 38.0 Å². The Morgan fingerprint density at radius 1 is 0.920 bits per heavy atom. The van der Waals surface area contributed by atoms with Crippen LogP contribution in [0, 0.1) is 0 Å². The van der Waals surface area contributed by atoms with Crippen LogP contribution in [-0.4, -0.2) is 8.07 Å². The summed E-state index contributed by atoms with van der Waals surface area (Å²) in [6, 6.07) is 15.7. The van der Waals surface area contributed by atoms with Crippen molar-refractivity contribution in [3.63, 3.8) is 0 Å². The van der Waals surface area contributed by atoms with Crippen LogP contribution in [-0.2, 0) is 5.04 Å². The summed E-state index contributed by atoms with van der Waals surface area (Å²) < 4.78 is 0. The molecule has 2 aromatic carbocycles. The lowest BCUT2D eigenvalue weighted by Crippen LogP contribution is -2.50. The third-order valence-corrected chi connectivity index (χ3v) is 9.08. The molecule has 1 heteroatoms. The zero-order chi connectivity index (χ0) is 17.7. The normalized spacial score (nSPS) is 23.0. The Bertz CT molecular complexity index is 958. The van der Waals surface area contributed by atoms with Crippen LogP contribution >= 0.6 is 0 Å². The Kier molecular flexibility index (Phi) is 3.73. The summed E-state index contributed by atoms with van der Waals surface area (Å²) >= 11 is 0. The molecule has 0 amide bonds. The maximum Gasteiger partial charge on any atom is 0.0664 e. The highest BCUT2D eigenvalue weighted by atomic mass is 28.3. The Hall–Kier alpha value is -2.12. The van der Waals surface area contributed by atoms with Gasteiger partial charge < -0.3 is 0 Å². The second kappa shape index (κ2) is 5.71. The standard InChI is InChI=1S/C24H26Si/c1-18-17-20-12-6-5-7-15-22(20)24(18,25(2,3)4)23-16-10-13-19-11-8-9-14-21(19)23/h5-11,13-17H,12H2,1-4H3. The van der Waals surface area contributed by atoms with E-state index >= 15 is 0 Å². The van der Waals surface area contributed by atoms with Crippen molar-refractivity contribution in [3.05, 3.63) is 95.1 Å². The Labute approximate surface area is 152 Å². The van der Waals surface area contributed by atoms with E-state index in [2.05, 4.69) is 99.4 Å². The van der Waals surface area contributed by atoms with Gasteiger partial charge in [-0.15, -0.1) is 0 Å². The van der Waals surface area contributed by atoms with Gasteiger partial charge in [-0.05, 0) is 40.8 Å². The molecule has 0 N–H and O–H groups in total. The van der Waals surface area contributed by atoms with Gasteiger partial charge in [0.05, 0.1) is 8.07 Å². The third-order valence-electron chi connectivity index (χ3n) is 5.90. The Morgan fingerprint density at radius 2 is 1.68 bits per heavy atom. The van der Waals surface area contributed by atoms with E-state index in [0.717, 1.165) is 6.42 Å². The van der Waals surface area contributed by atoms with E-state index in [1.54, 1.807) is 0 Å². The van der Waals surface area contributed by atoms with Gasteiger partial charge in [-0.25, -0.2) is 0 Å². The average Bonchev–Trinajstić information content (AvgIpc) is 2.71. The minimum atomic E-state index is -1.63. The molecule has 0 fully saturated rings. The minimum Gasteiger partial charge on any atom is -0.0801 e. The largest absolute Gasteiger partial charge is 0.0801 e. The van der Waals surface area contributed by atoms with E-state index in [0.29, 0.717) is 0 Å². The van der Waals surface area contributed by atoms with Gasteiger partial charge in [0.1, 0.15) is 0 Å². The van der Waals surface area contributed by atoms with Gasteiger partial charge >= 0.3 is 0 Å². The number of benzene rings is 2. The molecular weight excluding hydrogens is 316 g/mol. The molecule has 4 rings (SSSR count). The van der Waals surface area contributed by atoms with E-state index in [4.69, 9.17) is 0 Å². The van der Waals surface area contributed by atoms with Crippen LogP contribution in [0.2, 0.25) is 19.6 Å². The van der Waals surface area contributed by atoms with Gasteiger partial charge in [-0.2, -0.15) is 0 Å². The molecule has 25 heavy (non-hydrogen) atoms. The van der Waals surface area contributed by atoms with E-state index in [9.17, 15) is 0 Å². The van der Waals surface area contributed by atoms with Crippen molar-refractivity contribution in [1.82, 2.24) is 0 Å². The summed E-state index contributed by atoms with van der Waals surface area (Å²) in [4.78, 5) is 0. The van der Waals surface area contributed by atoms with Crippen molar-refractivity contribution < 1.29 is 0 Å². The highest BCUT2D eigenvalue weighted by Gasteiger charge is 2.51. The molecule has 0 radical (unpaired) electrons. The first kappa shape index (κ1) is 16.4. The topological polar surface area (TPSA) is 0 Å². The van der Waals surface area contributed by atoms with Crippen molar-refractivity contribution in [2.24, 2.45) is 0 Å². The quantitative estimate of drug-likeness (QED) is 0.531. The predicted octanol–water partition coefficient (Wildman–Crippen LogP) is 6.73. The van der Waals surface area contributed by atoms with Crippen molar-refractivity contribution in [3.8, 4) is 0 Å². The van der Waals surface area contributed by atoms with Gasteiger partial charge in [0.2, 0.25) is 0 Å². The zero-order valence-electron chi connectivity index (χ0n) is 15.6.